The maximum Gasteiger partial charge on any atom is 0.320 e. The van der Waals surface area contributed by atoms with Crippen LogP contribution in [0.15, 0.2) is 0 Å². The lowest BCUT2D eigenvalue weighted by Gasteiger charge is -2.22. The van der Waals surface area contributed by atoms with Gasteiger partial charge in [0.1, 0.15) is 0 Å². The third-order valence-electron chi connectivity index (χ3n) is 2.43. The molecule has 1 heterocycles. The molecule has 0 saturated heterocycles. The smallest absolute Gasteiger partial charge is 0.320 e. The lowest BCUT2D eigenvalue weighted by molar-refractivity contribution is -0.350. The van der Waals surface area contributed by atoms with Gasteiger partial charge in [-0.15, -0.1) is 0 Å². The molecule has 9 heteroatoms. The monoisotopic (exact) mass is 304 g/mol. The predicted octanol–water partition coefficient (Wildman–Crippen LogP) is 0.262. The van der Waals surface area contributed by atoms with Gasteiger partial charge in [-0.05, 0) is 25.2 Å². The van der Waals surface area contributed by atoms with Crippen LogP contribution in [0.2, 0.25) is 0 Å². The molecule has 0 radical (unpaired) electrons. The molecular weight excluding hydrogens is 279 g/mol. The molecule has 0 aliphatic heterocycles. The molecule has 0 aliphatic rings. The van der Waals surface area contributed by atoms with Crippen molar-refractivity contribution in [2.24, 2.45) is 0 Å². The van der Waals surface area contributed by atoms with Gasteiger partial charge in [0, 0.05) is 7.37 Å². The first kappa shape index (κ1) is 18.6. The molecule has 116 valence electrons. The number of H-pyrrole nitrogens is 1. The quantitative estimate of drug-likeness (QED) is 0.636. The number of hydrogen-bond donors (Lipinski definition) is 3. The van der Waals surface area contributed by atoms with E-state index in [1.54, 1.807) is 0 Å². The van der Waals surface area contributed by atoms with Crippen LogP contribution in [0.1, 0.15) is 39.5 Å². The van der Waals surface area contributed by atoms with Crippen molar-refractivity contribution in [1.29, 1.82) is 0 Å². The highest BCUT2D eigenvalue weighted by Gasteiger charge is 2.05. The summed E-state index contributed by atoms with van der Waals surface area (Å²) in [5.74, 6) is 0.406. The van der Waals surface area contributed by atoms with Crippen LogP contribution in [0, 0.1) is 0 Å². The largest absolute Gasteiger partial charge is 0.799 e. The Bertz CT molecular complexity index is 380. The van der Waals surface area contributed by atoms with E-state index < -0.39 is 7.37 Å². The van der Waals surface area contributed by atoms with Gasteiger partial charge in [-0.2, -0.15) is 0 Å². The summed E-state index contributed by atoms with van der Waals surface area (Å²) in [7, 11) is -2.98. The van der Waals surface area contributed by atoms with Crippen molar-refractivity contribution in [2.45, 2.75) is 39.5 Å². The zero-order chi connectivity index (χ0) is 15.6. The third kappa shape index (κ3) is 9.52. The summed E-state index contributed by atoms with van der Waals surface area (Å²) in [5.41, 5.74) is 15.5. The standard InChI is InChI=1S/C8H19O2P.C3H6N6/c1-3-5-7-11(9,10)8-6-4-2;4-1-7-2(5)9-3(6)8-1/h3-8H2,1-2H3,(H,9,10);(H6,4,5,6,7,8,9). The number of unbranched alkanes of at least 4 members (excludes halogenated alkanes) is 2. The number of aromatic amines is 1. The van der Waals surface area contributed by atoms with Gasteiger partial charge in [-0.25, -0.2) is 4.98 Å². The number of nitrogens with two attached hydrogens (primary N) is 3. The van der Waals surface area contributed by atoms with E-state index in [0.29, 0.717) is 12.3 Å². The Morgan fingerprint density at radius 2 is 1.45 bits per heavy atom. The molecule has 0 aliphatic carbocycles. The van der Waals surface area contributed by atoms with Gasteiger partial charge in [0.25, 0.3) is 0 Å². The van der Waals surface area contributed by atoms with E-state index in [9.17, 15) is 9.46 Å². The number of nitrogens with zero attached hydrogens (tertiary/aromatic N) is 2. The van der Waals surface area contributed by atoms with Crippen LogP contribution < -0.4 is 27.1 Å². The molecular formula is C11H25N6O2P. The molecule has 0 spiro atoms. The Morgan fingerprint density at radius 3 is 1.75 bits per heavy atom. The second kappa shape index (κ2) is 9.50. The second-order valence-electron chi connectivity index (χ2n) is 4.45. The third-order valence-corrected chi connectivity index (χ3v) is 4.43. The molecule has 1 aromatic heterocycles. The molecule has 20 heavy (non-hydrogen) atoms. The molecule has 1 rings (SSSR count). The lowest BCUT2D eigenvalue weighted by atomic mass is 10.4. The highest BCUT2D eigenvalue weighted by atomic mass is 31.2. The summed E-state index contributed by atoms with van der Waals surface area (Å²) in [6.45, 7) is 4.03. The molecule has 0 saturated carbocycles. The molecule has 1 aromatic rings. The Kier molecular flexibility index (Phi) is 8.83. The second-order valence-corrected chi connectivity index (χ2v) is 6.97. The highest BCUT2D eigenvalue weighted by Crippen LogP contribution is 2.37. The van der Waals surface area contributed by atoms with Crippen LogP contribution in [-0.4, -0.2) is 22.3 Å². The fraction of sp³-hybridized carbons (Fsp3) is 0.727. The van der Waals surface area contributed by atoms with Crippen molar-refractivity contribution in [3.63, 3.8) is 0 Å². The Hall–Kier alpha value is -1.40. The molecule has 0 fully saturated rings. The highest BCUT2D eigenvalue weighted by molar-refractivity contribution is 7.56. The Labute approximate surface area is 119 Å². The van der Waals surface area contributed by atoms with Gasteiger partial charge < -0.3 is 26.7 Å². The first-order valence-corrected chi connectivity index (χ1v) is 8.67. The zero-order valence-corrected chi connectivity index (χ0v) is 13.0. The van der Waals surface area contributed by atoms with Gasteiger partial charge >= 0.3 is 17.8 Å². The molecule has 0 aromatic carbocycles. The van der Waals surface area contributed by atoms with E-state index in [1.165, 1.54) is 0 Å². The van der Waals surface area contributed by atoms with Crippen LogP contribution in [-0.2, 0) is 4.57 Å². The van der Waals surface area contributed by atoms with Crippen LogP contribution >= 0.6 is 7.37 Å². The molecule has 0 bridgehead atoms. The summed E-state index contributed by atoms with van der Waals surface area (Å²) >= 11 is 0. The number of anilines is 3. The normalized spacial score (nSPS) is 10.8. The number of hydrogen-bond acceptors (Lipinski definition) is 7. The summed E-state index contributed by atoms with van der Waals surface area (Å²) in [5, 5.41) is 0. The minimum absolute atomic E-state index is 0.0729. The van der Waals surface area contributed by atoms with Gasteiger partial charge in [0.05, 0.1) is 0 Å². The summed E-state index contributed by atoms with van der Waals surface area (Å²) < 4.78 is 11.2. The van der Waals surface area contributed by atoms with E-state index in [2.05, 4.69) is 15.0 Å². The van der Waals surface area contributed by atoms with Gasteiger partial charge in [-0.1, -0.05) is 36.7 Å². The summed E-state index contributed by atoms with van der Waals surface area (Å²) in [6, 6.07) is 0. The van der Waals surface area contributed by atoms with E-state index >= 15 is 0 Å². The first-order chi connectivity index (χ1) is 9.30. The molecule has 7 N–H and O–H groups in total. The fourth-order valence-corrected chi connectivity index (χ4v) is 3.19. The molecule has 0 unspecified atom stereocenters. The zero-order valence-electron chi connectivity index (χ0n) is 12.1. The lowest BCUT2D eigenvalue weighted by Crippen LogP contribution is -2.20. The van der Waals surface area contributed by atoms with Crippen molar-refractivity contribution < 1.29 is 14.4 Å². The van der Waals surface area contributed by atoms with Crippen LogP contribution in [0.25, 0.3) is 0 Å². The van der Waals surface area contributed by atoms with Crippen molar-refractivity contribution in [3.8, 4) is 0 Å². The van der Waals surface area contributed by atoms with E-state index in [0.717, 1.165) is 25.7 Å². The number of nitrogens with one attached hydrogen (secondary N) is 1. The summed E-state index contributed by atoms with van der Waals surface area (Å²) in [4.78, 5) is 20.7. The van der Waals surface area contributed by atoms with Gasteiger partial charge in [0.15, 0.2) is 0 Å². The molecule has 0 amide bonds. The average molecular weight is 304 g/mol. The average Bonchev–Trinajstić information content (AvgIpc) is 2.33. The van der Waals surface area contributed by atoms with E-state index in [4.69, 9.17) is 17.2 Å². The van der Waals surface area contributed by atoms with Crippen LogP contribution in [0.5, 0.6) is 0 Å². The van der Waals surface area contributed by atoms with Gasteiger partial charge in [0.2, 0.25) is 0 Å². The number of aromatic nitrogens is 3. The van der Waals surface area contributed by atoms with Crippen LogP contribution in [0.4, 0.5) is 17.8 Å². The van der Waals surface area contributed by atoms with Crippen molar-refractivity contribution >= 4 is 25.2 Å². The van der Waals surface area contributed by atoms with Crippen molar-refractivity contribution in [3.05, 3.63) is 0 Å². The molecule has 8 nitrogen and oxygen atoms in total. The minimum Gasteiger partial charge on any atom is -0.799 e. The van der Waals surface area contributed by atoms with Crippen molar-refractivity contribution in [1.82, 2.24) is 9.97 Å². The minimum atomic E-state index is -2.98. The number of rotatable bonds is 6. The Balaban J connectivity index is 0.000000367. The van der Waals surface area contributed by atoms with E-state index in [-0.39, 0.29) is 17.8 Å². The first-order valence-electron chi connectivity index (χ1n) is 6.67. The maximum absolute atomic E-state index is 11.2. The fourth-order valence-electron chi connectivity index (χ4n) is 1.37. The predicted molar refractivity (Wildman–Crippen MR) is 79.0 cm³/mol. The maximum atomic E-state index is 11.2. The molecule has 0 atom stereocenters. The summed E-state index contributed by atoms with van der Waals surface area (Å²) in [6.07, 6.45) is 4.40. The van der Waals surface area contributed by atoms with Crippen LogP contribution in [0.3, 0.4) is 0 Å². The van der Waals surface area contributed by atoms with Gasteiger partial charge in [-0.3, -0.25) is 0 Å². The Morgan fingerprint density at radius 1 is 1.05 bits per heavy atom. The van der Waals surface area contributed by atoms with Crippen molar-refractivity contribution in [2.75, 3.05) is 29.5 Å². The van der Waals surface area contributed by atoms with E-state index in [1.807, 2.05) is 13.8 Å². The number of nitrogen functional groups attached to an aromatic ring is 3. The topological polar surface area (TPSA) is 158 Å². The SMILES string of the molecule is CCCCP(=O)([O-])CCCC.Nc1nc(N)[nH+]c(N)n1.